The molecule has 31 heavy (non-hydrogen) atoms. The standard InChI is InChI=1S/C25H26N2O4/c1-18-9-11-22(13-19(18)2)27-25(28)17-31-26-15-21-10-12-23(24(14-21)29-3)30-16-20-7-5-4-6-8-20/h4-15H,16-17H2,1-3H3,(H,27,28). The van der Waals surface area contributed by atoms with Crippen LogP contribution in [0.4, 0.5) is 5.69 Å². The van der Waals surface area contributed by atoms with Crippen LogP contribution in [-0.4, -0.2) is 25.8 Å². The van der Waals surface area contributed by atoms with E-state index in [2.05, 4.69) is 10.5 Å². The molecule has 0 aromatic heterocycles. The van der Waals surface area contributed by atoms with Gasteiger partial charge in [0.2, 0.25) is 0 Å². The Bertz CT molecular complexity index is 1050. The van der Waals surface area contributed by atoms with Gasteiger partial charge in [-0.05, 0) is 60.9 Å². The maximum absolute atomic E-state index is 12.0. The summed E-state index contributed by atoms with van der Waals surface area (Å²) in [6, 6.07) is 21.1. The van der Waals surface area contributed by atoms with Crippen molar-refractivity contribution < 1.29 is 19.1 Å². The van der Waals surface area contributed by atoms with Gasteiger partial charge in [0.15, 0.2) is 18.1 Å². The number of benzene rings is 3. The zero-order valence-corrected chi connectivity index (χ0v) is 17.9. The van der Waals surface area contributed by atoms with Gasteiger partial charge >= 0.3 is 0 Å². The molecule has 0 heterocycles. The number of hydrogen-bond acceptors (Lipinski definition) is 5. The second-order valence-electron chi connectivity index (χ2n) is 7.04. The molecule has 3 aromatic carbocycles. The van der Waals surface area contributed by atoms with Crippen molar-refractivity contribution in [3.63, 3.8) is 0 Å². The number of rotatable bonds is 9. The van der Waals surface area contributed by atoms with Crippen molar-refractivity contribution in [1.82, 2.24) is 0 Å². The van der Waals surface area contributed by atoms with Gasteiger partial charge in [-0.2, -0.15) is 0 Å². The lowest BCUT2D eigenvalue weighted by Gasteiger charge is -2.11. The molecule has 3 rings (SSSR count). The average molecular weight is 418 g/mol. The molecular formula is C25H26N2O4. The first-order valence-electron chi connectivity index (χ1n) is 9.92. The van der Waals surface area contributed by atoms with Gasteiger partial charge in [0.1, 0.15) is 6.61 Å². The van der Waals surface area contributed by atoms with Gasteiger partial charge in [0.05, 0.1) is 13.3 Å². The summed E-state index contributed by atoms with van der Waals surface area (Å²) in [5.74, 6) is 0.951. The molecule has 0 aliphatic carbocycles. The Morgan fingerprint density at radius 2 is 1.77 bits per heavy atom. The summed E-state index contributed by atoms with van der Waals surface area (Å²) in [7, 11) is 1.58. The molecule has 0 aliphatic heterocycles. The van der Waals surface area contributed by atoms with E-state index < -0.39 is 0 Å². The van der Waals surface area contributed by atoms with E-state index in [0.717, 1.165) is 22.4 Å². The molecule has 1 N–H and O–H groups in total. The quantitative estimate of drug-likeness (QED) is 0.397. The molecule has 0 atom stereocenters. The number of ether oxygens (including phenoxy) is 2. The number of anilines is 1. The summed E-state index contributed by atoms with van der Waals surface area (Å²) in [5.41, 5.74) is 4.85. The molecule has 0 saturated heterocycles. The lowest BCUT2D eigenvalue weighted by atomic mass is 10.1. The van der Waals surface area contributed by atoms with Crippen LogP contribution in [0.5, 0.6) is 11.5 Å². The Hall–Kier alpha value is -3.80. The topological polar surface area (TPSA) is 69.2 Å². The zero-order chi connectivity index (χ0) is 22.1. The highest BCUT2D eigenvalue weighted by molar-refractivity contribution is 5.91. The van der Waals surface area contributed by atoms with Gasteiger partial charge in [-0.3, -0.25) is 4.79 Å². The van der Waals surface area contributed by atoms with Gasteiger partial charge < -0.3 is 19.6 Å². The van der Waals surface area contributed by atoms with Gasteiger partial charge in [-0.25, -0.2) is 0 Å². The van der Waals surface area contributed by atoms with Gasteiger partial charge in [0, 0.05) is 11.3 Å². The van der Waals surface area contributed by atoms with Crippen molar-refractivity contribution in [1.29, 1.82) is 0 Å². The maximum atomic E-state index is 12.0. The summed E-state index contributed by atoms with van der Waals surface area (Å²) in [6.07, 6.45) is 1.52. The number of nitrogens with one attached hydrogen (secondary N) is 1. The van der Waals surface area contributed by atoms with E-state index in [0.29, 0.717) is 18.1 Å². The summed E-state index contributed by atoms with van der Waals surface area (Å²) >= 11 is 0. The van der Waals surface area contributed by atoms with Crippen molar-refractivity contribution in [2.45, 2.75) is 20.5 Å². The van der Waals surface area contributed by atoms with Crippen LogP contribution in [0.1, 0.15) is 22.3 Å². The fourth-order valence-corrected chi connectivity index (χ4v) is 2.83. The highest BCUT2D eigenvalue weighted by Gasteiger charge is 2.06. The summed E-state index contributed by atoms with van der Waals surface area (Å²) in [6.45, 7) is 4.29. The van der Waals surface area contributed by atoms with E-state index in [1.165, 1.54) is 11.8 Å². The molecule has 6 nitrogen and oxygen atoms in total. The molecule has 0 bridgehead atoms. The van der Waals surface area contributed by atoms with Crippen LogP contribution >= 0.6 is 0 Å². The van der Waals surface area contributed by atoms with Crippen molar-refractivity contribution >= 4 is 17.8 Å². The third-order valence-corrected chi connectivity index (χ3v) is 4.69. The van der Waals surface area contributed by atoms with E-state index in [-0.39, 0.29) is 12.5 Å². The summed E-state index contributed by atoms with van der Waals surface area (Å²) in [4.78, 5) is 17.1. The van der Waals surface area contributed by atoms with Gasteiger partial charge in [0.25, 0.3) is 5.91 Å². The Balaban J connectivity index is 1.50. The van der Waals surface area contributed by atoms with Crippen LogP contribution in [-0.2, 0) is 16.2 Å². The van der Waals surface area contributed by atoms with Crippen LogP contribution in [0.25, 0.3) is 0 Å². The minimum atomic E-state index is -0.275. The average Bonchev–Trinajstić information content (AvgIpc) is 2.79. The number of carbonyl (C=O) groups is 1. The van der Waals surface area contributed by atoms with E-state index in [9.17, 15) is 4.79 Å². The molecule has 160 valence electrons. The van der Waals surface area contributed by atoms with E-state index in [1.54, 1.807) is 13.2 Å². The molecule has 6 heteroatoms. The zero-order valence-electron chi connectivity index (χ0n) is 17.9. The first kappa shape index (κ1) is 21.9. The first-order chi connectivity index (χ1) is 15.0. The molecule has 0 saturated carbocycles. The van der Waals surface area contributed by atoms with Crippen molar-refractivity contribution in [3.05, 3.63) is 89.0 Å². The van der Waals surface area contributed by atoms with Gasteiger partial charge in [-0.1, -0.05) is 41.6 Å². The molecule has 0 spiro atoms. The highest BCUT2D eigenvalue weighted by atomic mass is 16.6. The Morgan fingerprint density at radius 3 is 2.52 bits per heavy atom. The second-order valence-corrected chi connectivity index (χ2v) is 7.04. The minimum Gasteiger partial charge on any atom is -0.493 e. The number of hydrogen-bond donors (Lipinski definition) is 1. The minimum absolute atomic E-state index is 0.182. The summed E-state index contributed by atoms with van der Waals surface area (Å²) < 4.78 is 11.3. The highest BCUT2D eigenvalue weighted by Crippen LogP contribution is 2.28. The lowest BCUT2D eigenvalue weighted by molar-refractivity contribution is -0.120. The van der Waals surface area contributed by atoms with E-state index in [4.69, 9.17) is 14.3 Å². The smallest absolute Gasteiger partial charge is 0.265 e. The predicted molar refractivity (Wildman–Crippen MR) is 122 cm³/mol. The molecule has 0 unspecified atom stereocenters. The third-order valence-electron chi connectivity index (χ3n) is 4.69. The lowest BCUT2D eigenvalue weighted by Crippen LogP contribution is -2.17. The van der Waals surface area contributed by atoms with Crippen molar-refractivity contribution in [3.8, 4) is 11.5 Å². The predicted octanol–water partition coefficient (Wildman–Crippen LogP) is 4.88. The number of methoxy groups -OCH3 is 1. The molecule has 0 fully saturated rings. The van der Waals surface area contributed by atoms with E-state index >= 15 is 0 Å². The normalized spacial score (nSPS) is 10.7. The van der Waals surface area contributed by atoms with Crippen LogP contribution in [0, 0.1) is 13.8 Å². The fraction of sp³-hybridized carbons (Fsp3) is 0.200. The second kappa shape index (κ2) is 10.8. The third kappa shape index (κ3) is 6.60. The number of oxime groups is 1. The van der Waals surface area contributed by atoms with E-state index in [1.807, 2.05) is 74.5 Å². The van der Waals surface area contributed by atoms with Crippen LogP contribution in [0.2, 0.25) is 0 Å². The molecule has 1 amide bonds. The molecule has 0 radical (unpaired) electrons. The van der Waals surface area contributed by atoms with Crippen LogP contribution in [0.3, 0.4) is 0 Å². The Morgan fingerprint density at radius 1 is 0.968 bits per heavy atom. The molecule has 3 aromatic rings. The first-order valence-corrected chi connectivity index (χ1v) is 9.92. The van der Waals surface area contributed by atoms with Crippen molar-refractivity contribution in [2.24, 2.45) is 5.16 Å². The molecule has 0 aliphatic rings. The number of carbonyl (C=O) groups excluding carboxylic acids is 1. The summed E-state index contributed by atoms with van der Waals surface area (Å²) in [5, 5.41) is 6.66. The number of aryl methyl sites for hydroxylation is 2. The van der Waals surface area contributed by atoms with Crippen LogP contribution in [0.15, 0.2) is 71.9 Å². The molecular weight excluding hydrogens is 392 g/mol. The van der Waals surface area contributed by atoms with Crippen molar-refractivity contribution in [2.75, 3.05) is 19.0 Å². The maximum Gasteiger partial charge on any atom is 0.265 e. The monoisotopic (exact) mass is 418 g/mol. The number of amides is 1. The Labute approximate surface area is 182 Å². The Kier molecular flexibility index (Phi) is 7.65. The fourth-order valence-electron chi connectivity index (χ4n) is 2.83. The largest absolute Gasteiger partial charge is 0.493 e. The van der Waals surface area contributed by atoms with Crippen LogP contribution < -0.4 is 14.8 Å². The van der Waals surface area contributed by atoms with Gasteiger partial charge in [-0.15, -0.1) is 0 Å². The SMILES string of the molecule is COc1cc(C=NOCC(=O)Nc2ccc(C)c(C)c2)ccc1OCc1ccccc1. The number of nitrogens with zero attached hydrogens (tertiary/aromatic N) is 1.